The summed E-state index contributed by atoms with van der Waals surface area (Å²) in [6.07, 6.45) is 5.61. The molecule has 16 heteroatoms. The number of ether oxygens (including phenoxy) is 1. The van der Waals surface area contributed by atoms with Gasteiger partial charge in [0.1, 0.15) is 24.2 Å². The lowest BCUT2D eigenvalue weighted by molar-refractivity contribution is 0.0969. The van der Waals surface area contributed by atoms with Crippen LogP contribution in [0.3, 0.4) is 0 Å². The zero-order valence-electron chi connectivity index (χ0n) is 25.1. The topological polar surface area (TPSA) is 198 Å². The normalized spacial score (nSPS) is 15.4. The minimum absolute atomic E-state index is 0.0261. The average Bonchev–Trinajstić information content (AvgIpc) is 2.96. The predicted octanol–water partition coefficient (Wildman–Crippen LogP) is 2.15. The number of carbonyl (C=O) groups excluding carboxylic acids is 1. The number of sulfonamides is 2. The summed E-state index contributed by atoms with van der Waals surface area (Å²) < 4.78 is 56.4. The van der Waals surface area contributed by atoms with Crippen molar-refractivity contribution >= 4 is 37.5 Å². The van der Waals surface area contributed by atoms with E-state index in [9.17, 15) is 31.8 Å². The first kappa shape index (κ1) is 35.3. The van der Waals surface area contributed by atoms with E-state index in [1.807, 2.05) is 0 Å². The summed E-state index contributed by atoms with van der Waals surface area (Å²) in [7, 11) is -7.39. The van der Waals surface area contributed by atoms with Gasteiger partial charge in [-0.1, -0.05) is 26.2 Å². The molecule has 2 aromatic rings. The molecular formula is C28H44N6O8S2. The molecule has 3 rings (SSSR count). The highest BCUT2D eigenvalue weighted by molar-refractivity contribution is 7.92. The van der Waals surface area contributed by atoms with E-state index >= 15 is 0 Å². The third-order valence-corrected chi connectivity index (χ3v) is 8.81. The van der Waals surface area contributed by atoms with Gasteiger partial charge >= 0.3 is 6.03 Å². The minimum Gasteiger partial charge on any atom is -0.506 e. The lowest BCUT2D eigenvalue weighted by Crippen LogP contribution is -2.51. The van der Waals surface area contributed by atoms with Crippen molar-refractivity contribution in [2.45, 2.75) is 62.5 Å². The van der Waals surface area contributed by atoms with Crippen molar-refractivity contribution in [1.29, 1.82) is 0 Å². The molecule has 0 spiro atoms. The molecule has 1 saturated heterocycles. The Morgan fingerprint density at radius 1 is 1.05 bits per heavy atom. The summed E-state index contributed by atoms with van der Waals surface area (Å²) in [6.45, 7) is 3.81. The van der Waals surface area contributed by atoms with E-state index in [0.717, 1.165) is 31.9 Å². The first-order valence-corrected chi connectivity index (χ1v) is 18.0. The van der Waals surface area contributed by atoms with Gasteiger partial charge in [-0.25, -0.2) is 26.6 Å². The molecular weight excluding hydrogens is 612 g/mol. The van der Waals surface area contributed by atoms with E-state index < -0.39 is 26.2 Å². The maximum absolute atomic E-state index is 12.9. The smallest absolute Gasteiger partial charge is 0.319 e. The van der Waals surface area contributed by atoms with Gasteiger partial charge in [0.05, 0.1) is 16.8 Å². The number of hydrogen-bond acceptors (Lipinski definition) is 10. The zero-order chi connectivity index (χ0) is 32.2. The van der Waals surface area contributed by atoms with Crippen molar-refractivity contribution in [2.24, 2.45) is 0 Å². The second-order valence-electron chi connectivity index (χ2n) is 10.7. The fourth-order valence-electron chi connectivity index (χ4n) is 4.48. The van der Waals surface area contributed by atoms with Crippen molar-refractivity contribution in [1.82, 2.24) is 20.5 Å². The van der Waals surface area contributed by atoms with Crippen molar-refractivity contribution in [2.75, 3.05) is 49.1 Å². The van der Waals surface area contributed by atoms with Crippen LogP contribution in [0.5, 0.6) is 11.5 Å². The summed E-state index contributed by atoms with van der Waals surface area (Å²) in [6, 6.07) is 9.78. The van der Waals surface area contributed by atoms with Gasteiger partial charge in [0.15, 0.2) is 0 Å². The number of unbranched alkanes of at least 4 members (excludes halogenated alkanes) is 3. The Labute approximate surface area is 259 Å². The molecule has 0 radical (unpaired) electrons. The van der Waals surface area contributed by atoms with Crippen LogP contribution in [-0.4, -0.2) is 89.3 Å². The average molecular weight is 657 g/mol. The Bertz CT molecular complexity index is 1420. The van der Waals surface area contributed by atoms with E-state index in [1.165, 1.54) is 30.3 Å². The van der Waals surface area contributed by atoms with Crippen LogP contribution < -0.4 is 30.2 Å². The van der Waals surface area contributed by atoms with E-state index in [4.69, 9.17) is 4.74 Å². The third kappa shape index (κ3) is 12.5. The van der Waals surface area contributed by atoms with Crippen LogP contribution in [-0.2, 0) is 20.0 Å². The fraction of sp³-hybridized carbons (Fsp3) is 0.536. The lowest BCUT2D eigenvalue weighted by Gasteiger charge is -2.32. The van der Waals surface area contributed by atoms with E-state index in [2.05, 4.69) is 32.4 Å². The summed E-state index contributed by atoms with van der Waals surface area (Å²) >= 11 is 0. The molecule has 0 aliphatic carbocycles. The molecule has 1 aliphatic heterocycles. The van der Waals surface area contributed by atoms with E-state index in [0.29, 0.717) is 38.2 Å². The minimum atomic E-state index is -3.80. The Morgan fingerprint density at radius 2 is 1.75 bits per heavy atom. The van der Waals surface area contributed by atoms with Gasteiger partial charge in [0.2, 0.25) is 10.0 Å². The number of piperidine rings is 1. The zero-order valence-corrected chi connectivity index (χ0v) is 26.7. The molecule has 2 aromatic carbocycles. The molecule has 246 valence electrons. The van der Waals surface area contributed by atoms with Crippen molar-refractivity contribution in [3.63, 3.8) is 0 Å². The molecule has 1 aliphatic rings. The molecule has 1 atom stereocenters. The Kier molecular flexibility index (Phi) is 13.5. The molecule has 0 saturated carbocycles. The van der Waals surface area contributed by atoms with Crippen LogP contribution in [0.2, 0.25) is 0 Å². The van der Waals surface area contributed by atoms with Gasteiger partial charge in [-0.15, -0.1) is 4.83 Å². The highest BCUT2D eigenvalue weighted by Crippen LogP contribution is 2.28. The van der Waals surface area contributed by atoms with Crippen LogP contribution in [0, 0.1) is 0 Å². The standard InChI is InChI=1S/C28H44N6O8S2/c1-3-4-5-6-15-29-28(37)31-22-7-10-25(11-8-22)44(40,41)33-34-16-13-21(14-17-34)30-19-23(35)20-42-24-9-12-27(36)26(18-24)32-43(2,38)39/h7-12,18,21,23,30,32-33,35-36H,3-6,13-17,19-20H2,1-2H3,(H2,29,31,37)/t23-/m0/s1. The number of phenolic OH excluding ortho intramolecular Hbond substituents is 1. The SMILES string of the molecule is CCCCCCNC(=O)Nc1ccc(S(=O)(=O)NN2CCC(NC[C@H](O)COc3ccc(O)c(NS(C)(=O)=O)c3)CC2)cc1. The number of hydrogen-bond donors (Lipinski definition) is 7. The summed E-state index contributed by atoms with van der Waals surface area (Å²) in [5.41, 5.74) is 0.466. The molecule has 44 heavy (non-hydrogen) atoms. The fourth-order valence-corrected chi connectivity index (χ4v) is 6.17. The first-order valence-electron chi connectivity index (χ1n) is 14.6. The number of nitrogens with zero attached hydrogens (tertiary/aromatic N) is 1. The number of aromatic hydroxyl groups is 1. The predicted molar refractivity (Wildman–Crippen MR) is 169 cm³/mol. The van der Waals surface area contributed by atoms with Crippen LogP contribution in [0.4, 0.5) is 16.2 Å². The number of rotatable bonds is 17. The number of amides is 2. The second-order valence-corrected chi connectivity index (χ2v) is 14.2. The molecule has 1 heterocycles. The van der Waals surface area contributed by atoms with Gasteiger partial charge in [-0.05, 0) is 55.7 Å². The van der Waals surface area contributed by atoms with Gasteiger partial charge in [-0.2, -0.15) is 0 Å². The highest BCUT2D eigenvalue weighted by atomic mass is 32.2. The molecule has 7 N–H and O–H groups in total. The summed E-state index contributed by atoms with van der Waals surface area (Å²) in [5.74, 6) is 0.0246. The molecule has 0 bridgehead atoms. The molecule has 0 unspecified atom stereocenters. The number of nitrogens with one attached hydrogen (secondary N) is 5. The van der Waals surface area contributed by atoms with Crippen molar-refractivity contribution in [3.05, 3.63) is 42.5 Å². The Hall–Kier alpha value is -3.15. The Balaban J connectivity index is 1.36. The molecule has 14 nitrogen and oxygen atoms in total. The first-order chi connectivity index (χ1) is 20.8. The van der Waals surface area contributed by atoms with Crippen LogP contribution in [0.15, 0.2) is 47.4 Å². The Morgan fingerprint density at radius 3 is 2.41 bits per heavy atom. The maximum Gasteiger partial charge on any atom is 0.319 e. The van der Waals surface area contributed by atoms with Gasteiger partial charge < -0.3 is 30.9 Å². The number of anilines is 2. The summed E-state index contributed by atoms with van der Waals surface area (Å²) in [4.78, 5) is 14.7. The van der Waals surface area contributed by atoms with Crippen LogP contribution in [0.25, 0.3) is 0 Å². The van der Waals surface area contributed by atoms with Crippen LogP contribution in [0.1, 0.15) is 45.4 Å². The molecule has 2 amide bonds. The molecule has 1 fully saturated rings. The number of phenols is 1. The quantitative estimate of drug-likeness (QED) is 0.0978. The third-order valence-electron chi connectivity index (χ3n) is 6.83. The van der Waals surface area contributed by atoms with Gasteiger partial charge in [0, 0.05) is 44.0 Å². The lowest BCUT2D eigenvalue weighted by atomic mass is 10.1. The van der Waals surface area contributed by atoms with E-state index in [-0.39, 0.29) is 47.3 Å². The number of aliphatic hydroxyl groups excluding tert-OH is 1. The van der Waals surface area contributed by atoms with Crippen molar-refractivity contribution in [3.8, 4) is 11.5 Å². The number of hydrazine groups is 1. The largest absolute Gasteiger partial charge is 0.506 e. The summed E-state index contributed by atoms with van der Waals surface area (Å²) in [5, 5.41) is 30.6. The highest BCUT2D eigenvalue weighted by Gasteiger charge is 2.24. The number of urea groups is 1. The number of benzene rings is 2. The monoisotopic (exact) mass is 656 g/mol. The maximum atomic E-state index is 12.9. The van der Waals surface area contributed by atoms with Gasteiger partial charge in [-0.3, -0.25) is 4.72 Å². The van der Waals surface area contributed by atoms with Crippen molar-refractivity contribution < 1.29 is 36.6 Å². The van der Waals surface area contributed by atoms with Crippen LogP contribution >= 0.6 is 0 Å². The van der Waals surface area contributed by atoms with E-state index in [1.54, 1.807) is 17.1 Å². The second kappa shape index (κ2) is 16.8. The van der Waals surface area contributed by atoms with Gasteiger partial charge in [0.25, 0.3) is 10.0 Å². The number of aliphatic hydroxyl groups is 1. The number of carbonyl (C=O) groups is 1. The molecule has 0 aromatic heterocycles.